The fourth-order valence-electron chi connectivity index (χ4n) is 2.66. The number of terminal acetylenes is 1. The van der Waals surface area contributed by atoms with Crippen LogP contribution in [0.25, 0.3) is 0 Å². The number of fused-ring (bicyclic) bond motifs is 1. The molecule has 3 rings (SSSR count). The van der Waals surface area contributed by atoms with Crippen molar-refractivity contribution in [2.75, 3.05) is 45.9 Å². The summed E-state index contributed by atoms with van der Waals surface area (Å²) in [5.41, 5.74) is 0.527. The first-order valence-corrected chi connectivity index (χ1v) is 7.61. The van der Waals surface area contributed by atoms with Crippen LogP contribution in [0.2, 0.25) is 5.02 Å². The lowest BCUT2D eigenvalue weighted by molar-refractivity contribution is 0.0651. The van der Waals surface area contributed by atoms with Gasteiger partial charge >= 0.3 is 0 Å². The molecule has 1 saturated heterocycles. The summed E-state index contributed by atoms with van der Waals surface area (Å²) in [5, 5.41) is 0.409. The van der Waals surface area contributed by atoms with E-state index in [1.807, 2.05) is 4.90 Å². The van der Waals surface area contributed by atoms with E-state index in [1.165, 1.54) is 0 Å². The van der Waals surface area contributed by atoms with Crippen LogP contribution in [0.15, 0.2) is 12.1 Å². The number of nitrogens with zero attached hydrogens (tertiary/aromatic N) is 2. The summed E-state index contributed by atoms with van der Waals surface area (Å²) in [6.45, 7) is 4.45. The van der Waals surface area contributed by atoms with Crippen LogP contribution in [-0.2, 0) is 0 Å². The summed E-state index contributed by atoms with van der Waals surface area (Å²) in [6, 6.07) is 3.35. The van der Waals surface area contributed by atoms with Gasteiger partial charge in [0.05, 0.1) is 11.6 Å². The lowest BCUT2D eigenvalue weighted by atomic mass is 10.1. The predicted molar refractivity (Wildman–Crippen MR) is 83.6 cm³/mol. The van der Waals surface area contributed by atoms with E-state index in [9.17, 15) is 4.79 Å². The fraction of sp³-hybridized carbons (Fsp3) is 0.438. The maximum atomic E-state index is 12.6. The van der Waals surface area contributed by atoms with Gasteiger partial charge in [-0.1, -0.05) is 17.5 Å². The number of amides is 1. The number of hydrogen-bond donors (Lipinski definition) is 0. The third kappa shape index (κ3) is 2.99. The third-order valence-electron chi connectivity index (χ3n) is 3.82. The largest absolute Gasteiger partial charge is 0.486 e. The second kappa shape index (κ2) is 6.47. The maximum absolute atomic E-state index is 12.6. The van der Waals surface area contributed by atoms with Crippen molar-refractivity contribution in [3.63, 3.8) is 0 Å². The van der Waals surface area contributed by atoms with Crippen LogP contribution >= 0.6 is 11.6 Å². The van der Waals surface area contributed by atoms with Gasteiger partial charge in [0.1, 0.15) is 13.2 Å². The Labute approximate surface area is 134 Å². The molecule has 1 fully saturated rings. The van der Waals surface area contributed by atoms with Crippen molar-refractivity contribution in [3.8, 4) is 23.8 Å². The molecule has 0 N–H and O–H groups in total. The highest BCUT2D eigenvalue weighted by Gasteiger charge is 2.25. The van der Waals surface area contributed by atoms with Gasteiger partial charge in [-0.2, -0.15) is 0 Å². The van der Waals surface area contributed by atoms with Gasteiger partial charge in [-0.3, -0.25) is 9.69 Å². The first-order valence-electron chi connectivity index (χ1n) is 7.23. The number of piperazine rings is 1. The Morgan fingerprint density at radius 3 is 2.68 bits per heavy atom. The summed E-state index contributed by atoms with van der Waals surface area (Å²) < 4.78 is 11.0. The van der Waals surface area contributed by atoms with Gasteiger partial charge in [-0.15, -0.1) is 6.42 Å². The normalized spacial score (nSPS) is 17.9. The number of benzene rings is 1. The van der Waals surface area contributed by atoms with Crippen LogP contribution in [-0.4, -0.2) is 61.6 Å². The Kier molecular flexibility index (Phi) is 4.41. The van der Waals surface area contributed by atoms with E-state index >= 15 is 0 Å². The zero-order chi connectivity index (χ0) is 15.5. The summed E-state index contributed by atoms with van der Waals surface area (Å²) >= 11 is 6.19. The van der Waals surface area contributed by atoms with Crippen LogP contribution in [0.3, 0.4) is 0 Å². The minimum atomic E-state index is -0.0424. The summed E-state index contributed by atoms with van der Waals surface area (Å²) in [7, 11) is 0. The number of hydrogen-bond acceptors (Lipinski definition) is 4. The van der Waals surface area contributed by atoms with Gasteiger partial charge in [-0.05, 0) is 12.1 Å². The average Bonchev–Trinajstić information content (AvgIpc) is 2.55. The van der Waals surface area contributed by atoms with Gasteiger partial charge in [0.2, 0.25) is 0 Å². The van der Waals surface area contributed by atoms with Crippen LogP contribution in [0.1, 0.15) is 10.4 Å². The molecular weight excluding hydrogens is 304 g/mol. The topological polar surface area (TPSA) is 42.0 Å². The summed E-state index contributed by atoms with van der Waals surface area (Å²) in [5.74, 6) is 3.64. The van der Waals surface area contributed by atoms with E-state index < -0.39 is 0 Å². The van der Waals surface area contributed by atoms with E-state index in [0.29, 0.717) is 54.9 Å². The molecule has 1 aromatic carbocycles. The van der Waals surface area contributed by atoms with Crippen molar-refractivity contribution < 1.29 is 14.3 Å². The Morgan fingerprint density at radius 1 is 1.23 bits per heavy atom. The Hall–Kier alpha value is -1.90. The number of ether oxygens (including phenoxy) is 2. The number of carbonyl (C=O) groups is 1. The van der Waals surface area contributed by atoms with E-state index in [-0.39, 0.29) is 5.91 Å². The van der Waals surface area contributed by atoms with E-state index in [1.54, 1.807) is 12.1 Å². The summed E-state index contributed by atoms with van der Waals surface area (Å²) in [6.07, 6.45) is 5.31. The van der Waals surface area contributed by atoms with Crippen molar-refractivity contribution in [3.05, 3.63) is 22.7 Å². The molecule has 0 bridgehead atoms. The van der Waals surface area contributed by atoms with Crippen LogP contribution in [0, 0.1) is 12.3 Å². The van der Waals surface area contributed by atoms with Crippen molar-refractivity contribution in [2.24, 2.45) is 0 Å². The SMILES string of the molecule is C#CCN1CCN(C(=O)c2cc(Cl)c3c(c2)OCCO3)CC1. The average molecular weight is 321 g/mol. The minimum absolute atomic E-state index is 0.0424. The molecule has 6 heteroatoms. The number of carbonyl (C=O) groups excluding carboxylic acids is 1. The van der Waals surface area contributed by atoms with E-state index in [4.69, 9.17) is 27.5 Å². The molecule has 0 unspecified atom stereocenters. The molecule has 1 aromatic rings. The van der Waals surface area contributed by atoms with Gasteiger partial charge in [-0.25, -0.2) is 0 Å². The molecule has 0 aromatic heterocycles. The molecule has 2 aliphatic rings. The van der Waals surface area contributed by atoms with E-state index in [2.05, 4.69) is 10.8 Å². The Bertz CT molecular complexity index is 619. The quantitative estimate of drug-likeness (QED) is 0.775. The first-order chi connectivity index (χ1) is 10.7. The molecule has 0 spiro atoms. The van der Waals surface area contributed by atoms with Crippen LogP contribution < -0.4 is 9.47 Å². The fourth-order valence-corrected chi connectivity index (χ4v) is 2.92. The molecule has 116 valence electrons. The van der Waals surface area contributed by atoms with Crippen LogP contribution in [0.4, 0.5) is 0 Å². The van der Waals surface area contributed by atoms with Gasteiger partial charge in [0, 0.05) is 31.7 Å². The second-order valence-electron chi connectivity index (χ2n) is 5.25. The highest BCUT2D eigenvalue weighted by Crippen LogP contribution is 2.38. The number of halogens is 1. The lowest BCUT2D eigenvalue weighted by Crippen LogP contribution is -2.48. The monoisotopic (exact) mass is 320 g/mol. The smallest absolute Gasteiger partial charge is 0.254 e. The zero-order valence-electron chi connectivity index (χ0n) is 12.2. The molecule has 2 heterocycles. The Morgan fingerprint density at radius 2 is 1.95 bits per heavy atom. The highest BCUT2D eigenvalue weighted by atomic mass is 35.5. The summed E-state index contributed by atoms with van der Waals surface area (Å²) in [4.78, 5) is 16.6. The third-order valence-corrected chi connectivity index (χ3v) is 4.10. The molecule has 22 heavy (non-hydrogen) atoms. The van der Waals surface area contributed by atoms with Gasteiger partial charge in [0.15, 0.2) is 11.5 Å². The molecule has 0 atom stereocenters. The molecule has 0 radical (unpaired) electrons. The molecule has 1 amide bonds. The second-order valence-corrected chi connectivity index (χ2v) is 5.66. The molecule has 5 nitrogen and oxygen atoms in total. The van der Waals surface area contributed by atoms with Crippen molar-refractivity contribution in [1.82, 2.24) is 9.80 Å². The predicted octanol–water partition coefficient (Wildman–Crippen LogP) is 1.50. The molecule has 2 aliphatic heterocycles. The lowest BCUT2D eigenvalue weighted by Gasteiger charge is -2.34. The highest BCUT2D eigenvalue weighted by molar-refractivity contribution is 6.32. The zero-order valence-corrected chi connectivity index (χ0v) is 12.9. The van der Waals surface area contributed by atoms with Crippen LogP contribution in [0.5, 0.6) is 11.5 Å². The number of rotatable bonds is 2. The molecular formula is C16H17ClN2O3. The molecule has 0 saturated carbocycles. The van der Waals surface area contributed by atoms with Crippen molar-refractivity contribution in [1.29, 1.82) is 0 Å². The standard InChI is InChI=1S/C16H17ClN2O3/c1-2-3-18-4-6-19(7-5-18)16(20)12-10-13(17)15-14(11-12)21-8-9-22-15/h1,10-11H,3-9H2. The van der Waals surface area contributed by atoms with Gasteiger partial charge in [0.25, 0.3) is 5.91 Å². The maximum Gasteiger partial charge on any atom is 0.254 e. The first kappa shape index (κ1) is 15.0. The van der Waals surface area contributed by atoms with Crippen molar-refractivity contribution >= 4 is 17.5 Å². The van der Waals surface area contributed by atoms with E-state index in [0.717, 1.165) is 13.1 Å². The van der Waals surface area contributed by atoms with Crippen molar-refractivity contribution in [2.45, 2.75) is 0 Å². The molecule has 0 aliphatic carbocycles. The van der Waals surface area contributed by atoms with Gasteiger partial charge < -0.3 is 14.4 Å². The minimum Gasteiger partial charge on any atom is -0.486 e. The Balaban J connectivity index is 1.73.